The summed E-state index contributed by atoms with van der Waals surface area (Å²) in [6, 6.07) is 106. The predicted octanol–water partition coefficient (Wildman–Crippen LogP) is 10.6. The zero-order valence-corrected chi connectivity index (χ0v) is 40.5. The Hall–Kier alpha value is -8.55. The van der Waals surface area contributed by atoms with E-state index >= 15 is 0 Å². The average Bonchev–Trinajstić information content (AvgIpc) is 3.96. The highest BCUT2D eigenvalue weighted by atomic mass is 28.3. The molecule has 70 heavy (non-hydrogen) atoms. The molecule has 0 fully saturated rings. The number of aromatic nitrogens is 2. The van der Waals surface area contributed by atoms with Gasteiger partial charge in [0.2, 0.25) is 0 Å². The zero-order chi connectivity index (χ0) is 46.2. The van der Waals surface area contributed by atoms with Crippen molar-refractivity contribution in [1.29, 1.82) is 0 Å². The highest BCUT2D eigenvalue weighted by Crippen LogP contribution is 2.40. The fourth-order valence-corrected chi connectivity index (χ4v) is 24.6. The van der Waals surface area contributed by atoms with Gasteiger partial charge in [-0.2, -0.15) is 0 Å². The summed E-state index contributed by atoms with van der Waals surface area (Å²) in [5, 5.41) is 16.5. The second-order valence-electron chi connectivity index (χ2n) is 18.7. The van der Waals surface area contributed by atoms with Crippen LogP contribution in [0.25, 0.3) is 66.1 Å². The van der Waals surface area contributed by atoms with Crippen LogP contribution in [0.4, 0.5) is 0 Å². The molecule has 1 aliphatic rings. The third kappa shape index (κ3) is 5.72. The summed E-state index contributed by atoms with van der Waals surface area (Å²) in [6.07, 6.45) is 0. The standard InChI is InChI=1S/C66H46N2Si2/c1-5-22-47(23-6-1)48-40-42-49(43-41-48)67-58-33-15-14-31-55(58)57-32-21-35-60(66(57)67)68-59-34-16-13-30-54(59)56-45-44-53(46-61(56)68)70(52-28-11-4-12-29-52)64-38-19-17-36-62(64)69(50-24-7-2-8-25-50,51-26-9-3-10-27-51)63-37-18-20-39-65(63)70/h1-46H. The minimum Gasteiger partial charge on any atom is -0.307 e. The molecular weight excluding hydrogens is 877 g/mol. The van der Waals surface area contributed by atoms with E-state index in [1.807, 2.05) is 0 Å². The number of nitrogens with zero attached hydrogens (tertiary/aromatic N) is 2. The third-order valence-corrected chi connectivity index (χ3v) is 25.6. The van der Waals surface area contributed by atoms with Crippen LogP contribution < -0.4 is 41.5 Å². The van der Waals surface area contributed by atoms with Crippen molar-refractivity contribution in [2.45, 2.75) is 0 Å². The maximum Gasteiger partial charge on any atom is 0.179 e. The molecule has 0 amide bonds. The molecule has 0 saturated heterocycles. The van der Waals surface area contributed by atoms with Crippen molar-refractivity contribution in [3.63, 3.8) is 0 Å². The summed E-state index contributed by atoms with van der Waals surface area (Å²) >= 11 is 0. The van der Waals surface area contributed by atoms with Gasteiger partial charge < -0.3 is 9.13 Å². The molecule has 0 N–H and O–H groups in total. The number of hydrogen-bond donors (Lipinski definition) is 0. The van der Waals surface area contributed by atoms with Crippen LogP contribution >= 0.6 is 0 Å². The molecule has 13 aromatic rings. The van der Waals surface area contributed by atoms with Crippen LogP contribution in [-0.2, 0) is 0 Å². The maximum atomic E-state index is 2.60. The lowest BCUT2D eigenvalue weighted by Gasteiger charge is -2.48. The second-order valence-corrected chi connectivity index (χ2v) is 26.2. The van der Waals surface area contributed by atoms with Gasteiger partial charge in [0.1, 0.15) is 0 Å². The van der Waals surface area contributed by atoms with Crippen molar-refractivity contribution in [3.05, 3.63) is 279 Å². The summed E-state index contributed by atoms with van der Waals surface area (Å²) in [6.45, 7) is 0. The Labute approximate surface area is 409 Å². The molecule has 1 aliphatic heterocycles. The van der Waals surface area contributed by atoms with Gasteiger partial charge in [-0.05, 0) is 89.0 Å². The molecule has 14 rings (SSSR count). The summed E-state index contributed by atoms with van der Waals surface area (Å²) in [4.78, 5) is 0. The molecule has 0 bridgehead atoms. The van der Waals surface area contributed by atoms with Crippen molar-refractivity contribution in [1.82, 2.24) is 9.13 Å². The van der Waals surface area contributed by atoms with Gasteiger partial charge in [-0.1, -0.05) is 243 Å². The number of hydrogen-bond acceptors (Lipinski definition) is 0. The Morgan fingerprint density at radius 3 is 1.19 bits per heavy atom. The van der Waals surface area contributed by atoms with Crippen molar-refractivity contribution in [3.8, 4) is 22.5 Å². The normalized spacial score (nSPS) is 13.7. The van der Waals surface area contributed by atoms with E-state index in [1.165, 1.54) is 96.2 Å². The minimum absolute atomic E-state index is 1.13. The molecule has 11 aromatic carbocycles. The number of rotatable bonds is 7. The highest BCUT2D eigenvalue weighted by Gasteiger charge is 2.56. The van der Waals surface area contributed by atoms with Crippen LogP contribution in [-0.4, -0.2) is 25.3 Å². The molecule has 0 atom stereocenters. The van der Waals surface area contributed by atoms with Gasteiger partial charge in [-0.25, -0.2) is 0 Å². The van der Waals surface area contributed by atoms with E-state index in [-0.39, 0.29) is 0 Å². The summed E-state index contributed by atoms with van der Waals surface area (Å²) in [7, 11) is -5.94. The van der Waals surface area contributed by atoms with E-state index in [0.717, 1.165) is 11.4 Å². The van der Waals surface area contributed by atoms with Gasteiger partial charge in [-0.15, -0.1) is 0 Å². The zero-order valence-electron chi connectivity index (χ0n) is 38.5. The lowest BCUT2D eigenvalue weighted by atomic mass is 10.1. The molecule has 2 nitrogen and oxygen atoms in total. The second kappa shape index (κ2) is 16.0. The Morgan fingerprint density at radius 2 is 0.643 bits per heavy atom. The van der Waals surface area contributed by atoms with E-state index in [9.17, 15) is 0 Å². The van der Waals surface area contributed by atoms with Gasteiger partial charge in [0, 0.05) is 27.2 Å². The van der Waals surface area contributed by atoms with Crippen LogP contribution in [0.2, 0.25) is 0 Å². The fourth-order valence-electron chi connectivity index (χ4n) is 12.6. The highest BCUT2D eigenvalue weighted by molar-refractivity contribution is 7.33. The van der Waals surface area contributed by atoms with Crippen LogP contribution in [0.3, 0.4) is 0 Å². The number of para-hydroxylation sites is 3. The van der Waals surface area contributed by atoms with Crippen LogP contribution in [0.5, 0.6) is 0 Å². The van der Waals surface area contributed by atoms with E-state index in [4.69, 9.17) is 0 Å². The first-order chi connectivity index (χ1) is 34.8. The molecule has 0 radical (unpaired) electrons. The SMILES string of the molecule is c1ccc(-c2ccc(-n3c4ccccc4c4cccc(-n5c6ccccc6c6ccc([Si]7(c8ccccc8)c8ccccc8[Si](c8ccccc8)(c8ccccc8)c8ccccc87)cc65)c43)cc2)cc1. The van der Waals surface area contributed by atoms with Crippen molar-refractivity contribution >= 4 is 101 Å². The Kier molecular flexibility index (Phi) is 9.28. The molecule has 0 saturated carbocycles. The summed E-state index contributed by atoms with van der Waals surface area (Å²) in [5.74, 6) is 0. The lowest BCUT2D eigenvalue weighted by Crippen LogP contribution is -2.93. The van der Waals surface area contributed by atoms with Gasteiger partial charge in [-0.3, -0.25) is 0 Å². The molecule has 3 heterocycles. The number of fused-ring (bicyclic) bond motifs is 8. The van der Waals surface area contributed by atoms with E-state index in [1.54, 1.807) is 0 Å². The topological polar surface area (TPSA) is 9.86 Å². The number of benzene rings is 11. The Balaban J connectivity index is 1.09. The molecule has 328 valence electrons. The van der Waals surface area contributed by atoms with Gasteiger partial charge in [0.05, 0.1) is 27.8 Å². The van der Waals surface area contributed by atoms with Crippen LogP contribution in [0.1, 0.15) is 0 Å². The fraction of sp³-hybridized carbons (Fsp3) is 0. The first-order valence-corrected chi connectivity index (χ1v) is 28.3. The molecule has 0 spiro atoms. The van der Waals surface area contributed by atoms with E-state index in [2.05, 4.69) is 288 Å². The first-order valence-electron chi connectivity index (χ1n) is 24.3. The molecule has 0 aliphatic carbocycles. The molecule has 4 heteroatoms. The minimum atomic E-state index is -3.08. The molecule has 0 unspecified atom stereocenters. The average molecular weight is 923 g/mol. The van der Waals surface area contributed by atoms with Gasteiger partial charge in [0.15, 0.2) is 16.1 Å². The van der Waals surface area contributed by atoms with Crippen molar-refractivity contribution in [2.24, 2.45) is 0 Å². The Bertz CT molecular complexity index is 4010. The van der Waals surface area contributed by atoms with E-state index in [0.29, 0.717) is 0 Å². The maximum absolute atomic E-state index is 3.08. The van der Waals surface area contributed by atoms with Gasteiger partial charge in [0.25, 0.3) is 0 Å². The van der Waals surface area contributed by atoms with Crippen LogP contribution in [0, 0.1) is 0 Å². The largest absolute Gasteiger partial charge is 0.307 e. The third-order valence-electron chi connectivity index (χ3n) is 15.3. The monoisotopic (exact) mass is 922 g/mol. The first kappa shape index (κ1) is 40.5. The van der Waals surface area contributed by atoms with E-state index < -0.39 is 16.1 Å². The predicted molar refractivity (Wildman–Crippen MR) is 301 cm³/mol. The molecular formula is C66H46N2Si2. The van der Waals surface area contributed by atoms with Crippen LogP contribution in [0.15, 0.2) is 279 Å². The van der Waals surface area contributed by atoms with Crippen molar-refractivity contribution in [2.75, 3.05) is 0 Å². The molecule has 2 aromatic heterocycles. The quantitative estimate of drug-likeness (QED) is 0.141. The lowest BCUT2D eigenvalue weighted by molar-refractivity contribution is 1.13. The summed E-state index contributed by atoms with van der Waals surface area (Å²) < 4.78 is 5.06. The van der Waals surface area contributed by atoms with Gasteiger partial charge >= 0.3 is 0 Å². The smallest absolute Gasteiger partial charge is 0.179 e. The van der Waals surface area contributed by atoms with Crippen molar-refractivity contribution < 1.29 is 0 Å². The Morgan fingerprint density at radius 1 is 0.243 bits per heavy atom. The summed E-state index contributed by atoms with van der Waals surface area (Å²) in [5.41, 5.74) is 9.49.